The van der Waals surface area contributed by atoms with Crippen LogP contribution in [0.1, 0.15) is 99.1 Å². The maximum absolute atomic E-state index is 14.8. The van der Waals surface area contributed by atoms with E-state index in [2.05, 4.69) is 52.3 Å². The molecular formula is C64H71N3O9S2. The van der Waals surface area contributed by atoms with Crippen molar-refractivity contribution in [2.75, 3.05) is 18.6 Å². The minimum Gasteiger partial charge on any atom is -0.469 e. The van der Waals surface area contributed by atoms with Gasteiger partial charge in [0, 0.05) is 12.2 Å². The zero-order valence-electron chi connectivity index (χ0n) is 44.7. The van der Waals surface area contributed by atoms with Crippen molar-refractivity contribution >= 4 is 53.2 Å². The van der Waals surface area contributed by atoms with Gasteiger partial charge in [0.05, 0.1) is 47.2 Å². The molecule has 14 heteroatoms. The van der Waals surface area contributed by atoms with Crippen molar-refractivity contribution in [1.82, 2.24) is 16.0 Å². The Hall–Kier alpha value is -6.97. The minimum absolute atomic E-state index is 0.0167. The highest BCUT2D eigenvalue weighted by Crippen LogP contribution is 2.50. The number of benzene rings is 6. The van der Waals surface area contributed by atoms with Gasteiger partial charge in [-0.15, -0.1) is 23.5 Å². The van der Waals surface area contributed by atoms with Gasteiger partial charge in [0.25, 0.3) is 0 Å². The fraction of sp³-hybridized carbons (Fsp3) is 0.328. The number of carbonyl (C=O) groups is 5. The lowest BCUT2D eigenvalue weighted by atomic mass is 9.84. The van der Waals surface area contributed by atoms with E-state index >= 15 is 0 Å². The monoisotopic (exact) mass is 1090 g/mol. The second-order valence-corrected chi connectivity index (χ2v) is 23.0. The molecule has 12 nitrogen and oxygen atoms in total. The maximum atomic E-state index is 14.8. The van der Waals surface area contributed by atoms with Crippen molar-refractivity contribution < 1.29 is 43.7 Å². The topological polar surface area (TPSA) is 180 Å². The van der Waals surface area contributed by atoms with Crippen LogP contribution in [0.15, 0.2) is 194 Å². The van der Waals surface area contributed by atoms with E-state index in [4.69, 9.17) is 9.47 Å². The predicted molar refractivity (Wildman–Crippen MR) is 309 cm³/mol. The highest BCUT2D eigenvalue weighted by Gasteiger charge is 2.52. The summed E-state index contributed by atoms with van der Waals surface area (Å²) in [6.45, 7) is 5.19. The number of aliphatic hydroxyl groups excluding tert-OH is 2. The first kappa shape index (κ1) is 58.7. The average molecular weight is 1090 g/mol. The van der Waals surface area contributed by atoms with Crippen molar-refractivity contribution in [1.29, 1.82) is 0 Å². The summed E-state index contributed by atoms with van der Waals surface area (Å²) in [4.78, 5) is 68.9. The quantitative estimate of drug-likeness (QED) is 0.0143. The molecule has 0 aliphatic heterocycles. The zero-order valence-corrected chi connectivity index (χ0v) is 46.4. The fourth-order valence-corrected chi connectivity index (χ4v) is 12.6. The highest BCUT2D eigenvalue weighted by atomic mass is 32.2. The number of amides is 3. The number of thioether (sulfide) groups is 2. The van der Waals surface area contributed by atoms with Crippen LogP contribution < -0.4 is 16.0 Å². The van der Waals surface area contributed by atoms with Crippen molar-refractivity contribution in [3.63, 3.8) is 0 Å². The number of esters is 2. The number of carbonyl (C=O) groups excluding carboxylic acids is 5. The molecule has 0 heterocycles. The Kier molecular flexibility index (Phi) is 20.7. The van der Waals surface area contributed by atoms with E-state index in [0.717, 1.165) is 33.4 Å². The minimum atomic E-state index is -1.35. The van der Waals surface area contributed by atoms with Crippen molar-refractivity contribution in [3.05, 3.63) is 228 Å². The van der Waals surface area contributed by atoms with Gasteiger partial charge in [-0.1, -0.05) is 194 Å². The summed E-state index contributed by atoms with van der Waals surface area (Å²) >= 11 is 3.21. The van der Waals surface area contributed by atoms with E-state index in [1.165, 1.54) is 18.9 Å². The standard InChI is InChI=1S/C64H71N3O9S2/c1-61(2,3)76-57(71)39-38-53(65-56(70)43-52(68)37-23-24-42-77-63(46-25-11-5-12-26-46,47-27-13-6-14-28-47)48-29-15-7-16-30-48)59(73)66-54(60(74)67-62(40-41-62)55(69)44-58(72)75-4)45-78-64(49-31-17-8-18-32-49,50-33-19-9-20-34-50)51-35-21-10-22-36-51/h5-23,25-37,52-55,68-69H,24,38-45H2,1-4H3,(H,65,70)(H,66,73)(H,67,74)/b37-23+/t52-,53?,54+,55+/m1/s1. The Balaban J connectivity index is 1.11. The zero-order chi connectivity index (χ0) is 55.6. The Labute approximate surface area is 467 Å². The third-order valence-electron chi connectivity index (χ3n) is 13.6. The summed E-state index contributed by atoms with van der Waals surface area (Å²) in [5, 5.41) is 31.1. The van der Waals surface area contributed by atoms with Crippen LogP contribution in [0.2, 0.25) is 0 Å². The fourth-order valence-electron chi connectivity index (χ4n) is 9.61. The van der Waals surface area contributed by atoms with Crippen LogP contribution in [0.4, 0.5) is 0 Å². The first-order valence-electron chi connectivity index (χ1n) is 26.4. The summed E-state index contributed by atoms with van der Waals surface area (Å²) in [5.74, 6) is -2.61. The van der Waals surface area contributed by atoms with Gasteiger partial charge in [0.1, 0.15) is 17.7 Å². The summed E-state index contributed by atoms with van der Waals surface area (Å²) in [6.07, 6.45) is 1.10. The number of rotatable bonds is 27. The second kappa shape index (κ2) is 27.6. The molecule has 0 aromatic heterocycles. The van der Waals surface area contributed by atoms with E-state index < -0.39 is 81.0 Å². The van der Waals surface area contributed by atoms with Crippen LogP contribution in [0.5, 0.6) is 0 Å². The van der Waals surface area contributed by atoms with Crippen LogP contribution in [-0.4, -0.2) is 93.9 Å². The van der Waals surface area contributed by atoms with Gasteiger partial charge in [0.15, 0.2) is 0 Å². The Bertz CT molecular complexity index is 2710. The molecule has 6 aromatic rings. The Morgan fingerprint density at radius 3 is 1.40 bits per heavy atom. The summed E-state index contributed by atoms with van der Waals surface area (Å²) < 4.78 is 8.97. The van der Waals surface area contributed by atoms with Gasteiger partial charge in [-0.2, -0.15) is 0 Å². The van der Waals surface area contributed by atoms with Crippen LogP contribution in [0, 0.1) is 0 Å². The van der Waals surface area contributed by atoms with Crippen molar-refractivity contribution in [2.45, 2.75) is 111 Å². The van der Waals surface area contributed by atoms with Crippen molar-refractivity contribution in [2.24, 2.45) is 0 Å². The molecule has 0 bridgehead atoms. The molecule has 78 heavy (non-hydrogen) atoms. The lowest BCUT2D eigenvalue weighted by Crippen LogP contribution is -2.58. The predicted octanol–water partition coefficient (Wildman–Crippen LogP) is 9.80. The van der Waals surface area contributed by atoms with Crippen LogP contribution in [-0.2, 0) is 42.9 Å². The molecule has 0 saturated heterocycles. The van der Waals surface area contributed by atoms with Crippen LogP contribution in [0.3, 0.4) is 0 Å². The Morgan fingerprint density at radius 1 is 0.577 bits per heavy atom. The number of allylic oxidation sites excluding steroid dienone is 1. The molecule has 1 saturated carbocycles. The van der Waals surface area contributed by atoms with Crippen LogP contribution >= 0.6 is 23.5 Å². The second-order valence-electron chi connectivity index (χ2n) is 20.5. The molecule has 1 aliphatic rings. The van der Waals surface area contributed by atoms with E-state index in [1.54, 1.807) is 38.6 Å². The third kappa shape index (κ3) is 15.4. The molecule has 7 rings (SSSR count). The first-order valence-corrected chi connectivity index (χ1v) is 28.4. The molecular weight excluding hydrogens is 1020 g/mol. The molecule has 1 aliphatic carbocycles. The molecule has 6 aromatic carbocycles. The van der Waals surface area contributed by atoms with Gasteiger partial charge >= 0.3 is 11.9 Å². The number of aliphatic hydroxyl groups is 2. The molecule has 3 amide bonds. The van der Waals surface area contributed by atoms with Crippen molar-refractivity contribution in [3.8, 4) is 0 Å². The summed E-state index contributed by atoms with van der Waals surface area (Å²) in [5.41, 5.74) is 4.17. The number of nitrogens with one attached hydrogen (secondary N) is 3. The molecule has 5 N–H and O–H groups in total. The third-order valence-corrected chi connectivity index (χ3v) is 16.9. The Morgan fingerprint density at radius 2 is 1.00 bits per heavy atom. The number of hydrogen-bond acceptors (Lipinski definition) is 11. The van der Waals surface area contributed by atoms with Crippen LogP contribution in [0.25, 0.3) is 0 Å². The van der Waals surface area contributed by atoms with Gasteiger partial charge < -0.3 is 35.6 Å². The first-order chi connectivity index (χ1) is 37.6. The lowest BCUT2D eigenvalue weighted by molar-refractivity contribution is -0.155. The summed E-state index contributed by atoms with van der Waals surface area (Å²) in [6, 6.07) is 58.0. The maximum Gasteiger partial charge on any atom is 0.308 e. The highest BCUT2D eigenvalue weighted by molar-refractivity contribution is 8.00. The molecule has 1 fully saturated rings. The summed E-state index contributed by atoms with van der Waals surface area (Å²) in [7, 11) is 1.22. The van der Waals surface area contributed by atoms with E-state index in [-0.39, 0.29) is 25.0 Å². The SMILES string of the molecule is COC(=O)C[C@H](O)C1(NC(=O)[C@H](CSC(c2ccccc2)(c2ccccc2)c2ccccc2)NC(=O)C(CCC(=O)OC(C)(C)C)NC(=O)C[C@H](O)/C=C/CCSC(c2ccccc2)(c2ccccc2)c2ccccc2)CC1. The molecule has 0 radical (unpaired) electrons. The van der Waals surface area contributed by atoms with Gasteiger partial charge in [-0.25, -0.2) is 0 Å². The number of ether oxygens (including phenoxy) is 2. The normalized spacial score (nSPS) is 14.7. The van der Waals surface area contributed by atoms with E-state index in [1.807, 2.05) is 152 Å². The molecule has 1 unspecified atom stereocenters. The van der Waals surface area contributed by atoms with Gasteiger partial charge in [-0.05, 0) is 85.6 Å². The number of hydrogen-bond donors (Lipinski definition) is 5. The lowest BCUT2D eigenvalue weighted by Gasteiger charge is -2.37. The molecule has 408 valence electrons. The smallest absolute Gasteiger partial charge is 0.308 e. The molecule has 4 atom stereocenters. The molecule has 0 spiro atoms. The largest absolute Gasteiger partial charge is 0.469 e. The van der Waals surface area contributed by atoms with E-state index in [9.17, 15) is 34.2 Å². The average Bonchev–Trinajstić information content (AvgIpc) is 4.32. The number of methoxy groups -OCH3 is 1. The van der Waals surface area contributed by atoms with Gasteiger partial charge in [0.2, 0.25) is 17.7 Å². The van der Waals surface area contributed by atoms with E-state index in [0.29, 0.717) is 25.0 Å². The van der Waals surface area contributed by atoms with Gasteiger partial charge in [-0.3, -0.25) is 24.0 Å².